The molecule has 0 aromatic rings. The molecule has 1 rings (SSSR count). The molecule has 1 aliphatic heterocycles. The van der Waals surface area contributed by atoms with Crippen LogP contribution < -0.4 is 0 Å². The van der Waals surface area contributed by atoms with Crippen molar-refractivity contribution < 1.29 is 9.47 Å². The van der Waals surface area contributed by atoms with Crippen LogP contribution in [0.3, 0.4) is 0 Å². The van der Waals surface area contributed by atoms with Crippen molar-refractivity contribution in [3.8, 4) is 0 Å². The van der Waals surface area contributed by atoms with Gasteiger partial charge in [-0.25, -0.2) is 0 Å². The Bertz CT molecular complexity index is 64.1. The maximum absolute atomic E-state index is 4.58. The molecule has 0 aliphatic carbocycles. The van der Waals surface area contributed by atoms with Gasteiger partial charge in [0.05, 0.1) is 0 Å². The third kappa shape index (κ3) is 1.87. The van der Waals surface area contributed by atoms with Gasteiger partial charge in [0, 0.05) is 0 Å². The van der Waals surface area contributed by atoms with Crippen LogP contribution >= 0.6 is 0 Å². The van der Waals surface area contributed by atoms with E-state index in [4.69, 9.17) is 0 Å². The van der Waals surface area contributed by atoms with Gasteiger partial charge in [-0.3, -0.25) is 0 Å². The van der Waals surface area contributed by atoms with Crippen LogP contribution in [0.1, 0.15) is 7.43 Å². The minimum absolute atomic E-state index is 0. The van der Waals surface area contributed by atoms with Gasteiger partial charge in [0.25, 0.3) is 0 Å². The van der Waals surface area contributed by atoms with Gasteiger partial charge in [-0.1, -0.05) is 7.43 Å². The van der Waals surface area contributed by atoms with Crippen molar-refractivity contribution in [2.24, 2.45) is 0 Å². The number of hydrogen-bond acceptors (Lipinski definition) is 2. The Hall–Kier alpha value is -0.920. The lowest BCUT2D eigenvalue weighted by molar-refractivity contribution is 0.290. The predicted octanol–water partition coefficient (Wildman–Crippen LogP) is 1.61. The Kier molecular flexibility index (Phi) is 2.85. The summed E-state index contributed by atoms with van der Waals surface area (Å²) >= 11 is 0. The quantitative estimate of drug-likeness (QED) is 0.460. The predicted molar refractivity (Wildman–Crippen MR) is 27.2 cm³/mol. The first kappa shape index (κ1) is 6.08. The summed E-state index contributed by atoms with van der Waals surface area (Å²) in [4.78, 5) is 0. The monoisotopic (exact) mass is 100 g/mol. The molecule has 0 atom stereocenters. The normalized spacial score (nSPS) is 13.7. The van der Waals surface area contributed by atoms with Crippen molar-refractivity contribution in [1.82, 2.24) is 0 Å². The fourth-order valence-electron chi connectivity index (χ4n) is 0.219. The van der Waals surface area contributed by atoms with Gasteiger partial charge in [0.1, 0.15) is 25.0 Å². The molecule has 0 radical (unpaired) electrons. The van der Waals surface area contributed by atoms with Crippen molar-refractivity contribution in [2.45, 2.75) is 7.43 Å². The van der Waals surface area contributed by atoms with E-state index in [9.17, 15) is 0 Å². The maximum Gasteiger partial charge on any atom is 0.125 e. The Morgan fingerprint density at radius 3 is 1.14 bits per heavy atom. The Morgan fingerprint density at radius 2 is 1.00 bits per heavy atom. The molecule has 7 heavy (non-hydrogen) atoms. The smallest absolute Gasteiger partial charge is 0.125 e. The maximum atomic E-state index is 4.58. The molecule has 0 aromatic carbocycles. The standard InChI is InChI=1S/C4H4O2.CH4/c1-2-6-4-3-5-1;/h1-4H;1H4. The highest BCUT2D eigenvalue weighted by Gasteiger charge is 1.74. The molecule has 0 saturated heterocycles. The van der Waals surface area contributed by atoms with E-state index in [1.807, 2.05) is 0 Å². The third-order valence-electron chi connectivity index (χ3n) is 0.425. The first-order chi connectivity index (χ1) is 3.00. The summed E-state index contributed by atoms with van der Waals surface area (Å²) < 4.78 is 9.17. The Morgan fingerprint density at radius 1 is 0.714 bits per heavy atom. The molecule has 0 spiro atoms. The van der Waals surface area contributed by atoms with Crippen molar-refractivity contribution in [1.29, 1.82) is 0 Å². The van der Waals surface area contributed by atoms with E-state index in [-0.39, 0.29) is 7.43 Å². The van der Waals surface area contributed by atoms with Crippen LogP contribution in [0.4, 0.5) is 0 Å². The van der Waals surface area contributed by atoms with Crippen LogP contribution in [-0.2, 0) is 9.47 Å². The first-order valence-corrected chi connectivity index (χ1v) is 1.61. The average Bonchev–Trinajstić information content (AvgIpc) is 1.72. The molecule has 2 heteroatoms. The van der Waals surface area contributed by atoms with E-state index < -0.39 is 0 Å². The van der Waals surface area contributed by atoms with E-state index in [1.54, 1.807) is 0 Å². The van der Waals surface area contributed by atoms with Crippen molar-refractivity contribution in [2.75, 3.05) is 0 Å². The molecule has 40 valence electrons. The van der Waals surface area contributed by atoms with Crippen LogP contribution in [0.5, 0.6) is 0 Å². The van der Waals surface area contributed by atoms with Crippen LogP contribution in [-0.4, -0.2) is 0 Å². The number of ether oxygens (including phenoxy) is 2. The van der Waals surface area contributed by atoms with E-state index in [0.29, 0.717) is 0 Å². The zero-order chi connectivity index (χ0) is 4.24. The lowest BCUT2D eigenvalue weighted by Crippen LogP contribution is -1.74. The van der Waals surface area contributed by atoms with Crippen molar-refractivity contribution in [3.05, 3.63) is 25.0 Å². The van der Waals surface area contributed by atoms with Gasteiger partial charge < -0.3 is 9.47 Å². The molecule has 0 aromatic heterocycles. The minimum atomic E-state index is 0. The number of hydrogen-bond donors (Lipinski definition) is 0. The van der Waals surface area contributed by atoms with Gasteiger partial charge in [0.15, 0.2) is 0 Å². The SMILES string of the molecule is C.C1=COC=CO1. The molecule has 1 heterocycles. The molecule has 0 N–H and O–H groups in total. The van der Waals surface area contributed by atoms with E-state index in [2.05, 4.69) is 9.47 Å². The zero-order valence-electron chi connectivity index (χ0n) is 3.13. The molecule has 0 amide bonds. The van der Waals surface area contributed by atoms with Crippen LogP contribution in [0, 0.1) is 0 Å². The van der Waals surface area contributed by atoms with Crippen LogP contribution in [0.25, 0.3) is 0 Å². The summed E-state index contributed by atoms with van der Waals surface area (Å²) in [5, 5.41) is 0. The van der Waals surface area contributed by atoms with Crippen molar-refractivity contribution in [3.63, 3.8) is 0 Å². The average molecular weight is 100 g/mol. The van der Waals surface area contributed by atoms with E-state index in [1.165, 1.54) is 25.0 Å². The van der Waals surface area contributed by atoms with Gasteiger partial charge in [-0.05, 0) is 0 Å². The molecule has 0 saturated carbocycles. The van der Waals surface area contributed by atoms with Crippen LogP contribution in [0.2, 0.25) is 0 Å². The van der Waals surface area contributed by atoms with E-state index >= 15 is 0 Å². The van der Waals surface area contributed by atoms with Gasteiger partial charge in [0.2, 0.25) is 0 Å². The largest absolute Gasteiger partial charge is 0.466 e. The summed E-state index contributed by atoms with van der Waals surface area (Å²) in [6.07, 6.45) is 5.83. The zero-order valence-corrected chi connectivity index (χ0v) is 3.13. The summed E-state index contributed by atoms with van der Waals surface area (Å²) in [6.45, 7) is 0. The topological polar surface area (TPSA) is 18.5 Å². The lowest BCUT2D eigenvalue weighted by atomic mass is 10.9. The highest BCUT2D eigenvalue weighted by molar-refractivity contribution is 4.77. The van der Waals surface area contributed by atoms with E-state index in [0.717, 1.165) is 0 Å². The minimum Gasteiger partial charge on any atom is -0.466 e. The lowest BCUT2D eigenvalue weighted by Gasteiger charge is -1.94. The second kappa shape index (κ2) is 3.28. The molecule has 0 bridgehead atoms. The summed E-state index contributed by atoms with van der Waals surface area (Å²) in [7, 11) is 0. The van der Waals surface area contributed by atoms with Gasteiger partial charge in [-0.15, -0.1) is 0 Å². The third-order valence-corrected chi connectivity index (χ3v) is 0.425. The summed E-state index contributed by atoms with van der Waals surface area (Å²) in [6, 6.07) is 0. The molecule has 1 aliphatic rings. The van der Waals surface area contributed by atoms with Crippen molar-refractivity contribution >= 4 is 0 Å². The fourth-order valence-corrected chi connectivity index (χ4v) is 0.219. The molecular formula is C5H8O2. The Balaban J connectivity index is 0.000000360. The summed E-state index contributed by atoms with van der Waals surface area (Å²) in [5.74, 6) is 0. The van der Waals surface area contributed by atoms with Crippen LogP contribution in [0.15, 0.2) is 25.0 Å². The Labute approximate surface area is 43.0 Å². The molecular weight excluding hydrogens is 92.1 g/mol. The highest BCUT2D eigenvalue weighted by Crippen LogP contribution is 1.89. The second-order valence-electron chi connectivity index (χ2n) is 0.816. The fraction of sp³-hybridized carbons (Fsp3) is 0.200. The van der Waals surface area contributed by atoms with Gasteiger partial charge in [-0.2, -0.15) is 0 Å². The highest BCUT2D eigenvalue weighted by atomic mass is 16.5. The van der Waals surface area contributed by atoms with Gasteiger partial charge >= 0.3 is 0 Å². The number of rotatable bonds is 0. The molecule has 0 unspecified atom stereocenters. The first-order valence-electron chi connectivity index (χ1n) is 1.61. The molecule has 0 fully saturated rings. The second-order valence-corrected chi connectivity index (χ2v) is 0.816. The summed E-state index contributed by atoms with van der Waals surface area (Å²) in [5.41, 5.74) is 0. The molecule has 2 nitrogen and oxygen atoms in total.